The third-order valence-electron chi connectivity index (χ3n) is 4.14. The highest BCUT2D eigenvalue weighted by molar-refractivity contribution is 7.92. The Bertz CT molecular complexity index is 1160. The molecule has 2 N–H and O–H groups in total. The van der Waals surface area contributed by atoms with Crippen molar-refractivity contribution in [2.45, 2.75) is 0 Å². The molecule has 0 amide bonds. The van der Waals surface area contributed by atoms with E-state index >= 15 is 0 Å². The van der Waals surface area contributed by atoms with E-state index in [0.717, 1.165) is 39.5 Å². The van der Waals surface area contributed by atoms with Crippen LogP contribution < -0.4 is 4.72 Å². The molecule has 0 aliphatic rings. The van der Waals surface area contributed by atoms with E-state index in [1.165, 1.54) is 0 Å². The van der Waals surface area contributed by atoms with E-state index in [4.69, 9.17) is 0 Å². The first-order valence-corrected chi connectivity index (χ1v) is 9.99. The molecule has 0 spiro atoms. The van der Waals surface area contributed by atoms with Crippen LogP contribution in [0.5, 0.6) is 0 Å². The maximum Gasteiger partial charge on any atom is 0.229 e. The second-order valence-electron chi connectivity index (χ2n) is 6.14. The van der Waals surface area contributed by atoms with Crippen LogP contribution in [-0.4, -0.2) is 24.6 Å². The number of anilines is 1. The molecule has 0 saturated carbocycles. The first kappa shape index (κ1) is 16.4. The van der Waals surface area contributed by atoms with Gasteiger partial charge in [-0.25, -0.2) is 13.4 Å². The number of nitrogens with zero attached hydrogens (tertiary/aromatic N) is 1. The standard InChI is InChI=1S/C20H17N3O2S/c1-26(24,25)23-17-9-7-15(8-10-17)19-13-22-20-18(19)11-16(12-21-20)14-5-3-2-4-6-14/h2-13,23H,1H3,(H,21,22). The third-order valence-corrected chi connectivity index (χ3v) is 4.74. The minimum Gasteiger partial charge on any atom is -0.346 e. The number of hydrogen-bond acceptors (Lipinski definition) is 3. The van der Waals surface area contributed by atoms with E-state index in [-0.39, 0.29) is 0 Å². The van der Waals surface area contributed by atoms with Gasteiger partial charge in [-0.15, -0.1) is 0 Å². The van der Waals surface area contributed by atoms with Gasteiger partial charge in [0.05, 0.1) is 6.26 Å². The zero-order valence-corrected chi connectivity index (χ0v) is 14.9. The highest BCUT2D eigenvalue weighted by Gasteiger charge is 2.10. The van der Waals surface area contributed by atoms with E-state index in [9.17, 15) is 8.42 Å². The number of hydrogen-bond donors (Lipinski definition) is 2. The molecule has 26 heavy (non-hydrogen) atoms. The average molecular weight is 363 g/mol. The predicted octanol–water partition coefficient (Wildman–Crippen LogP) is 4.27. The van der Waals surface area contributed by atoms with E-state index in [0.29, 0.717) is 5.69 Å². The van der Waals surface area contributed by atoms with Gasteiger partial charge in [-0.3, -0.25) is 4.72 Å². The summed E-state index contributed by atoms with van der Waals surface area (Å²) in [6.07, 6.45) is 4.92. The van der Waals surface area contributed by atoms with Crippen molar-refractivity contribution in [2.24, 2.45) is 0 Å². The van der Waals surface area contributed by atoms with Gasteiger partial charge in [0.15, 0.2) is 0 Å². The van der Waals surface area contributed by atoms with Crippen LogP contribution in [0.25, 0.3) is 33.3 Å². The van der Waals surface area contributed by atoms with Gasteiger partial charge in [0.1, 0.15) is 5.65 Å². The van der Waals surface area contributed by atoms with Gasteiger partial charge in [0, 0.05) is 34.6 Å². The van der Waals surface area contributed by atoms with Gasteiger partial charge in [-0.05, 0) is 29.3 Å². The Hall–Kier alpha value is -3.12. The Balaban J connectivity index is 1.75. The van der Waals surface area contributed by atoms with Crippen LogP contribution >= 0.6 is 0 Å². The normalized spacial score (nSPS) is 11.6. The first-order chi connectivity index (χ1) is 12.5. The number of benzene rings is 2. The van der Waals surface area contributed by atoms with Crippen LogP contribution in [0, 0.1) is 0 Å². The number of aromatic amines is 1. The number of sulfonamides is 1. The van der Waals surface area contributed by atoms with Crippen molar-refractivity contribution >= 4 is 26.7 Å². The highest BCUT2D eigenvalue weighted by atomic mass is 32.2. The summed E-state index contributed by atoms with van der Waals surface area (Å²) in [7, 11) is -3.28. The molecule has 0 saturated heterocycles. The van der Waals surface area contributed by atoms with Gasteiger partial charge >= 0.3 is 0 Å². The Labute approximate surface area is 151 Å². The maximum absolute atomic E-state index is 11.3. The number of nitrogens with one attached hydrogen (secondary N) is 2. The van der Waals surface area contributed by atoms with Gasteiger partial charge in [-0.1, -0.05) is 42.5 Å². The molecular formula is C20H17N3O2S. The van der Waals surface area contributed by atoms with Crippen molar-refractivity contribution in [3.05, 3.63) is 73.1 Å². The number of H-pyrrole nitrogens is 1. The van der Waals surface area contributed by atoms with Crippen LogP contribution in [0.1, 0.15) is 0 Å². The van der Waals surface area contributed by atoms with E-state index in [1.54, 1.807) is 12.1 Å². The van der Waals surface area contributed by atoms with Crippen molar-refractivity contribution < 1.29 is 8.42 Å². The molecule has 0 unspecified atom stereocenters. The van der Waals surface area contributed by atoms with Gasteiger partial charge < -0.3 is 4.98 Å². The number of aromatic nitrogens is 2. The molecule has 0 aliphatic heterocycles. The van der Waals surface area contributed by atoms with Crippen LogP contribution in [0.4, 0.5) is 5.69 Å². The summed E-state index contributed by atoms with van der Waals surface area (Å²) in [5.41, 5.74) is 5.53. The summed E-state index contributed by atoms with van der Waals surface area (Å²) in [5.74, 6) is 0. The third kappa shape index (κ3) is 3.32. The lowest BCUT2D eigenvalue weighted by Gasteiger charge is -2.06. The lowest BCUT2D eigenvalue weighted by Crippen LogP contribution is -2.09. The molecule has 0 bridgehead atoms. The summed E-state index contributed by atoms with van der Waals surface area (Å²) in [6, 6.07) is 19.5. The Morgan fingerprint density at radius 1 is 0.923 bits per heavy atom. The molecule has 0 radical (unpaired) electrons. The molecule has 0 fully saturated rings. The SMILES string of the molecule is CS(=O)(=O)Nc1ccc(-c2c[nH]c3ncc(-c4ccccc4)cc23)cc1. The smallest absolute Gasteiger partial charge is 0.229 e. The molecule has 2 aromatic carbocycles. The van der Waals surface area contributed by atoms with Crippen LogP contribution in [0.2, 0.25) is 0 Å². The molecule has 4 rings (SSSR count). The van der Waals surface area contributed by atoms with Crippen LogP contribution in [-0.2, 0) is 10.0 Å². The van der Waals surface area contributed by atoms with E-state index < -0.39 is 10.0 Å². The minimum atomic E-state index is -3.28. The molecule has 2 heterocycles. The van der Waals surface area contributed by atoms with Crippen molar-refractivity contribution in [3.8, 4) is 22.3 Å². The molecule has 0 aliphatic carbocycles. The lowest BCUT2D eigenvalue weighted by molar-refractivity contribution is 0.607. The second-order valence-corrected chi connectivity index (χ2v) is 7.89. The second kappa shape index (κ2) is 6.31. The Morgan fingerprint density at radius 3 is 2.35 bits per heavy atom. The van der Waals surface area contributed by atoms with Gasteiger partial charge in [0.2, 0.25) is 10.0 Å². The lowest BCUT2D eigenvalue weighted by atomic mass is 10.0. The monoisotopic (exact) mass is 363 g/mol. The topological polar surface area (TPSA) is 74.8 Å². The number of rotatable bonds is 4. The molecule has 130 valence electrons. The summed E-state index contributed by atoms with van der Waals surface area (Å²) >= 11 is 0. The summed E-state index contributed by atoms with van der Waals surface area (Å²) in [4.78, 5) is 7.72. The quantitative estimate of drug-likeness (QED) is 0.569. The average Bonchev–Trinajstić information content (AvgIpc) is 3.05. The fraction of sp³-hybridized carbons (Fsp3) is 0.0500. The largest absolute Gasteiger partial charge is 0.346 e. The van der Waals surface area contributed by atoms with Crippen molar-refractivity contribution in [2.75, 3.05) is 11.0 Å². The number of fused-ring (bicyclic) bond motifs is 1. The zero-order chi connectivity index (χ0) is 18.1. The van der Waals surface area contributed by atoms with Crippen molar-refractivity contribution in [1.29, 1.82) is 0 Å². The fourth-order valence-electron chi connectivity index (χ4n) is 2.96. The molecular weight excluding hydrogens is 346 g/mol. The molecule has 5 nitrogen and oxygen atoms in total. The van der Waals surface area contributed by atoms with E-state index in [1.807, 2.05) is 42.7 Å². The predicted molar refractivity (Wildman–Crippen MR) is 105 cm³/mol. The maximum atomic E-state index is 11.3. The molecule has 4 aromatic rings. The fourth-order valence-corrected chi connectivity index (χ4v) is 3.53. The Kier molecular flexibility index (Phi) is 3.97. The zero-order valence-electron chi connectivity index (χ0n) is 14.1. The van der Waals surface area contributed by atoms with Crippen LogP contribution in [0.3, 0.4) is 0 Å². The minimum absolute atomic E-state index is 0.541. The summed E-state index contributed by atoms with van der Waals surface area (Å²) < 4.78 is 25.1. The molecule has 2 aromatic heterocycles. The van der Waals surface area contributed by atoms with Crippen LogP contribution in [0.15, 0.2) is 73.1 Å². The first-order valence-electron chi connectivity index (χ1n) is 8.10. The molecule has 0 atom stereocenters. The highest BCUT2D eigenvalue weighted by Crippen LogP contribution is 2.31. The summed E-state index contributed by atoms with van der Waals surface area (Å²) in [5, 5.41) is 1.02. The van der Waals surface area contributed by atoms with Crippen molar-refractivity contribution in [1.82, 2.24) is 9.97 Å². The van der Waals surface area contributed by atoms with Crippen molar-refractivity contribution in [3.63, 3.8) is 0 Å². The molecule has 6 heteroatoms. The summed E-state index contributed by atoms with van der Waals surface area (Å²) in [6.45, 7) is 0. The van der Waals surface area contributed by atoms with E-state index in [2.05, 4.69) is 32.9 Å². The number of pyridine rings is 1. The Morgan fingerprint density at radius 2 is 1.65 bits per heavy atom. The van der Waals surface area contributed by atoms with Gasteiger partial charge in [-0.2, -0.15) is 0 Å². The van der Waals surface area contributed by atoms with Gasteiger partial charge in [0.25, 0.3) is 0 Å².